The van der Waals surface area contributed by atoms with E-state index in [2.05, 4.69) is 40.0 Å². The minimum atomic E-state index is -4.30. The number of piperazine rings is 1. The zero-order valence-electron chi connectivity index (χ0n) is 10.8. The molecule has 1 aromatic rings. The molecular weight excluding hydrogens is 321 g/mol. The van der Waals surface area contributed by atoms with Gasteiger partial charge in [-0.1, -0.05) is 0 Å². The van der Waals surface area contributed by atoms with Crippen molar-refractivity contribution in [2.45, 2.75) is 32.1 Å². The van der Waals surface area contributed by atoms with E-state index in [0.29, 0.717) is 16.6 Å². The molecule has 106 valence electrons. The summed E-state index contributed by atoms with van der Waals surface area (Å²) in [6, 6.07) is 4.46. The molecular formula is C13H16BrF3N2. The van der Waals surface area contributed by atoms with E-state index in [9.17, 15) is 13.2 Å². The maximum atomic E-state index is 12.6. The third-order valence-corrected chi connectivity index (χ3v) is 3.81. The van der Waals surface area contributed by atoms with Crippen LogP contribution in [0.2, 0.25) is 0 Å². The van der Waals surface area contributed by atoms with E-state index in [1.54, 1.807) is 0 Å². The van der Waals surface area contributed by atoms with Crippen molar-refractivity contribution in [1.82, 2.24) is 5.32 Å². The Morgan fingerprint density at radius 1 is 1.21 bits per heavy atom. The van der Waals surface area contributed by atoms with E-state index in [1.807, 2.05) is 0 Å². The first kappa shape index (κ1) is 14.7. The average Bonchev–Trinajstić information content (AvgIpc) is 2.26. The molecule has 0 radical (unpaired) electrons. The quantitative estimate of drug-likeness (QED) is 0.842. The summed E-state index contributed by atoms with van der Waals surface area (Å²) in [5.74, 6) is 0. The molecule has 2 nitrogen and oxygen atoms in total. The predicted octanol–water partition coefficient (Wildman–Crippen LogP) is 3.65. The summed E-state index contributed by atoms with van der Waals surface area (Å²) in [5, 5.41) is 3.40. The highest BCUT2D eigenvalue weighted by atomic mass is 79.9. The van der Waals surface area contributed by atoms with E-state index < -0.39 is 11.7 Å². The lowest BCUT2D eigenvalue weighted by Gasteiger charge is -2.38. The molecule has 6 heteroatoms. The lowest BCUT2D eigenvalue weighted by molar-refractivity contribution is -0.137. The third-order valence-electron chi connectivity index (χ3n) is 3.17. The van der Waals surface area contributed by atoms with Crippen LogP contribution in [0.5, 0.6) is 0 Å². The molecule has 1 aromatic carbocycles. The van der Waals surface area contributed by atoms with Crippen LogP contribution in [0.25, 0.3) is 0 Å². The van der Waals surface area contributed by atoms with Crippen LogP contribution < -0.4 is 10.2 Å². The van der Waals surface area contributed by atoms with Crippen LogP contribution in [0.4, 0.5) is 18.9 Å². The fraction of sp³-hybridized carbons (Fsp3) is 0.538. The number of rotatable bonds is 1. The Kier molecular flexibility index (Phi) is 4.11. The standard InChI is InChI=1S/C13H16BrF3N2/c1-8-6-19(7-9(2)18-8)12-4-3-10(5-11(12)14)13(15,16)17/h3-5,8-9,18H,6-7H2,1-2H3. The van der Waals surface area contributed by atoms with Crippen molar-refractivity contribution in [2.24, 2.45) is 0 Å². The Morgan fingerprint density at radius 3 is 2.26 bits per heavy atom. The molecule has 1 aliphatic rings. The smallest absolute Gasteiger partial charge is 0.368 e. The summed E-state index contributed by atoms with van der Waals surface area (Å²) in [7, 11) is 0. The number of alkyl halides is 3. The van der Waals surface area contributed by atoms with Crippen LogP contribution >= 0.6 is 15.9 Å². The highest BCUT2D eigenvalue weighted by Gasteiger charge is 2.31. The average molecular weight is 337 g/mol. The van der Waals surface area contributed by atoms with Crippen molar-refractivity contribution >= 4 is 21.6 Å². The second kappa shape index (κ2) is 5.32. The highest BCUT2D eigenvalue weighted by molar-refractivity contribution is 9.10. The van der Waals surface area contributed by atoms with Gasteiger partial charge >= 0.3 is 6.18 Å². The summed E-state index contributed by atoms with van der Waals surface area (Å²) < 4.78 is 38.4. The molecule has 2 unspecified atom stereocenters. The van der Waals surface area contributed by atoms with Crippen molar-refractivity contribution in [1.29, 1.82) is 0 Å². The Labute approximate surface area is 119 Å². The molecule has 1 fully saturated rings. The Bertz CT molecular complexity index is 452. The predicted molar refractivity (Wildman–Crippen MR) is 73.4 cm³/mol. The van der Waals surface area contributed by atoms with Crippen LogP contribution in [-0.2, 0) is 6.18 Å². The Hall–Kier alpha value is -0.750. The van der Waals surface area contributed by atoms with Gasteiger partial charge in [0.1, 0.15) is 0 Å². The summed E-state index contributed by atoms with van der Waals surface area (Å²) >= 11 is 3.25. The number of halogens is 4. The highest BCUT2D eigenvalue weighted by Crippen LogP contribution is 2.35. The third kappa shape index (κ3) is 3.42. The van der Waals surface area contributed by atoms with Gasteiger partial charge < -0.3 is 10.2 Å². The summed E-state index contributed by atoms with van der Waals surface area (Å²) in [6.45, 7) is 5.71. The van der Waals surface area contributed by atoms with Crippen LogP contribution in [0.1, 0.15) is 19.4 Å². The first-order valence-electron chi connectivity index (χ1n) is 6.15. The van der Waals surface area contributed by atoms with Crippen LogP contribution in [0, 0.1) is 0 Å². The number of hydrogen-bond acceptors (Lipinski definition) is 2. The van der Waals surface area contributed by atoms with Gasteiger partial charge in [0.25, 0.3) is 0 Å². The summed E-state index contributed by atoms with van der Waals surface area (Å²) in [5.41, 5.74) is 0.188. The molecule has 0 spiro atoms. The van der Waals surface area contributed by atoms with Gasteiger partial charge in [0.15, 0.2) is 0 Å². The van der Waals surface area contributed by atoms with Crippen molar-refractivity contribution in [3.8, 4) is 0 Å². The van der Waals surface area contributed by atoms with Crippen molar-refractivity contribution in [3.05, 3.63) is 28.2 Å². The van der Waals surface area contributed by atoms with E-state index in [1.165, 1.54) is 6.07 Å². The molecule has 1 heterocycles. The number of hydrogen-bond donors (Lipinski definition) is 1. The molecule has 1 saturated heterocycles. The second-order valence-corrected chi connectivity index (χ2v) is 5.89. The number of nitrogens with zero attached hydrogens (tertiary/aromatic N) is 1. The zero-order chi connectivity index (χ0) is 14.2. The van der Waals surface area contributed by atoms with E-state index in [-0.39, 0.29) is 0 Å². The van der Waals surface area contributed by atoms with Gasteiger partial charge in [-0.05, 0) is 48.0 Å². The molecule has 2 rings (SSSR count). The van der Waals surface area contributed by atoms with Gasteiger partial charge in [-0.3, -0.25) is 0 Å². The van der Waals surface area contributed by atoms with Gasteiger partial charge in [0.2, 0.25) is 0 Å². The Morgan fingerprint density at radius 2 is 1.79 bits per heavy atom. The summed E-state index contributed by atoms with van der Waals surface area (Å²) in [4.78, 5) is 2.11. The van der Waals surface area contributed by atoms with Gasteiger partial charge in [0.05, 0.1) is 11.3 Å². The monoisotopic (exact) mass is 336 g/mol. The molecule has 0 bridgehead atoms. The maximum Gasteiger partial charge on any atom is 0.416 e. The Balaban J connectivity index is 2.26. The largest absolute Gasteiger partial charge is 0.416 e. The molecule has 1 N–H and O–H groups in total. The normalized spacial score (nSPS) is 24.6. The number of benzene rings is 1. The lowest BCUT2D eigenvalue weighted by atomic mass is 10.1. The maximum absolute atomic E-state index is 12.6. The van der Waals surface area contributed by atoms with Gasteiger partial charge in [0, 0.05) is 29.6 Å². The molecule has 1 aliphatic heterocycles. The van der Waals surface area contributed by atoms with Crippen LogP contribution in [0.3, 0.4) is 0 Å². The first-order chi connectivity index (χ1) is 8.77. The van der Waals surface area contributed by atoms with E-state index in [4.69, 9.17) is 0 Å². The fourth-order valence-corrected chi connectivity index (χ4v) is 3.09. The molecule has 0 aromatic heterocycles. The number of nitrogens with one attached hydrogen (secondary N) is 1. The van der Waals surface area contributed by atoms with Gasteiger partial charge in [-0.2, -0.15) is 13.2 Å². The zero-order valence-corrected chi connectivity index (χ0v) is 12.3. The van der Waals surface area contributed by atoms with E-state index >= 15 is 0 Å². The fourth-order valence-electron chi connectivity index (χ4n) is 2.46. The van der Waals surface area contributed by atoms with Crippen molar-refractivity contribution in [3.63, 3.8) is 0 Å². The summed E-state index contributed by atoms with van der Waals surface area (Å²) in [6.07, 6.45) is -4.30. The van der Waals surface area contributed by atoms with Crippen LogP contribution in [0.15, 0.2) is 22.7 Å². The molecule has 0 amide bonds. The topological polar surface area (TPSA) is 15.3 Å². The second-order valence-electron chi connectivity index (χ2n) is 5.04. The van der Waals surface area contributed by atoms with Crippen molar-refractivity contribution in [2.75, 3.05) is 18.0 Å². The SMILES string of the molecule is CC1CN(c2ccc(C(F)(F)F)cc2Br)CC(C)N1. The lowest BCUT2D eigenvalue weighted by Crippen LogP contribution is -2.54. The molecule has 2 atom stereocenters. The minimum absolute atomic E-state index is 0.318. The minimum Gasteiger partial charge on any atom is -0.368 e. The molecule has 0 saturated carbocycles. The van der Waals surface area contributed by atoms with E-state index in [0.717, 1.165) is 30.9 Å². The first-order valence-corrected chi connectivity index (χ1v) is 6.94. The van der Waals surface area contributed by atoms with Gasteiger partial charge in [-0.25, -0.2) is 0 Å². The molecule has 19 heavy (non-hydrogen) atoms. The molecule has 0 aliphatic carbocycles. The van der Waals surface area contributed by atoms with Gasteiger partial charge in [-0.15, -0.1) is 0 Å². The van der Waals surface area contributed by atoms with Crippen molar-refractivity contribution < 1.29 is 13.2 Å². The van der Waals surface area contributed by atoms with Crippen LogP contribution in [-0.4, -0.2) is 25.2 Å². The number of anilines is 1.